The molecule has 3 aromatic carbocycles. The van der Waals surface area contributed by atoms with E-state index in [0.717, 1.165) is 16.8 Å². The maximum Gasteiger partial charge on any atom is 0.243 e. The van der Waals surface area contributed by atoms with Crippen LogP contribution in [0, 0.1) is 0 Å². The van der Waals surface area contributed by atoms with Gasteiger partial charge in [-0.05, 0) is 29.3 Å². The number of anilines is 1. The van der Waals surface area contributed by atoms with Gasteiger partial charge >= 0.3 is 0 Å². The van der Waals surface area contributed by atoms with Gasteiger partial charge in [-0.25, -0.2) is 8.42 Å². The number of benzene rings is 3. The Hall–Kier alpha value is -3.00. The third kappa shape index (κ3) is 3.33. The maximum absolute atomic E-state index is 13.4. The molecular weight excluding hydrogens is 424 g/mol. The lowest BCUT2D eigenvalue weighted by molar-refractivity contribution is -0.118. The molecule has 0 bridgehead atoms. The number of nitrogens with zero attached hydrogens (tertiary/aromatic N) is 2. The minimum absolute atomic E-state index is 0.0772. The molecule has 2 heterocycles. The third-order valence-corrected chi connectivity index (χ3v) is 8.41. The molecule has 5 rings (SSSR count). The van der Waals surface area contributed by atoms with Gasteiger partial charge in [-0.1, -0.05) is 66.7 Å². The van der Waals surface area contributed by atoms with Gasteiger partial charge in [-0.3, -0.25) is 4.79 Å². The molecule has 6 nitrogen and oxygen atoms in total. The molecule has 0 radical (unpaired) electrons. The number of hydrogen-bond acceptors (Lipinski definition) is 4. The van der Waals surface area contributed by atoms with Crippen LogP contribution in [0.5, 0.6) is 0 Å². The Balaban J connectivity index is 1.52. The molecule has 3 aromatic rings. The number of carbonyl (C=O) groups is 1. The van der Waals surface area contributed by atoms with E-state index in [2.05, 4.69) is 0 Å². The highest BCUT2D eigenvalue weighted by molar-refractivity contribution is 7.89. The van der Waals surface area contributed by atoms with E-state index in [1.54, 1.807) is 35.2 Å². The number of fused-ring (bicyclic) bond motifs is 3. The molecule has 2 aliphatic heterocycles. The van der Waals surface area contributed by atoms with Crippen LogP contribution in [0.25, 0.3) is 0 Å². The average Bonchev–Trinajstić information content (AvgIpc) is 2.80. The fraction of sp³-hybridized carbons (Fsp3) is 0.240. The predicted octanol–water partition coefficient (Wildman–Crippen LogP) is 2.79. The lowest BCUT2D eigenvalue weighted by Gasteiger charge is -2.57. The molecule has 32 heavy (non-hydrogen) atoms. The van der Waals surface area contributed by atoms with Gasteiger partial charge in [0.1, 0.15) is 0 Å². The topological polar surface area (TPSA) is 77.9 Å². The Bertz CT molecular complexity index is 1230. The van der Waals surface area contributed by atoms with Crippen molar-refractivity contribution in [3.8, 4) is 0 Å². The zero-order valence-electron chi connectivity index (χ0n) is 17.4. The molecule has 164 valence electrons. The van der Waals surface area contributed by atoms with E-state index in [-0.39, 0.29) is 36.3 Å². The van der Waals surface area contributed by atoms with E-state index in [1.807, 2.05) is 54.6 Å². The van der Waals surface area contributed by atoms with Gasteiger partial charge in [0.05, 0.1) is 30.0 Å². The average molecular weight is 449 g/mol. The number of aliphatic hydroxyl groups is 1. The number of rotatable bonds is 5. The number of carbonyl (C=O) groups excluding carboxylic acids is 1. The predicted molar refractivity (Wildman–Crippen MR) is 122 cm³/mol. The summed E-state index contributed by atoms with van der Waals surface area (Å²) in [5.74, 6) is -0.234. The molecule has 1 amide bonds. The quantitative estimate of drug-likeness (QED) is 0.651. The van der Waals surface area contributed by atoms with Crippen molar-refractivity contribution in [1.29, 1.82) is 0 Å². The SMILES string of the molecule is O=C(Cc1ccccc1)N1C[C@H]2[C@@H](c3ccccc31)[C@H](CO)N2S(=O)(=O)c1ccccc1. The first kappa shape index (κ1) is 20.9. The fourth-order valence-corrected chi connectivity index (χ4v) is 6.85. The molecule has 2 aliphatic rings. The highest BCUT2D eigenvalue weighted by Crippen LogP contribution is 2.50. The van der Waals surface area contributed by atoms with Gasteiger partial charge < -0.3 is 10.0 Å². The summed E-state index contributed by atoms with van der Waals surface area (Å²) in [5.41, 5.74) is 2.61. The van der Waals surface area contributed by atoms with Crippen molar-refractivity contribution in [1.82, 2.24) is 4.31 Å². The Morgan fingerprint density at radius 1 is 0.906 bits per heavy atom. The van der Waals surface area contributed by atoms with Crippen LogP contribution in [0.4, 0.5) is 5.69 Å². The summed E-state index contributed by atoms with van der Waals surface area (Å²) in [4.78, 5) is 15.2. The largest absolute Gasteiger partial charge is 0.395 e. The van der Waals surface area contributed by atoms with Crippen LogP contribution in [0.15, 0.2) is 89.8 Å². The van der Waals surface area contributed by atoms with E-state index in [4.69, 9.17) is 0 Å². The van der Waals surface area contributed by atoms with Gasteiger partial charge in [-0.15, -0.1) is 0 Å². The van der Waals surface area contributed by atoms with Crippen LogP contribution in [0.1, 0.15) is 17.0 Å². The van der Waals surface area contributed by atoms with E-state index in [9.17, 15) is 18.3 Å². The molecule has 0 spiro atoms. The monoisotopic (exact) mass is 448 g/mol. The van der Waals surface area contributed by atoms with E-state index < -0.39 is 22.1 Å². The summed E-state index contributed by atoms with van der Waals surface area (Å²) in [6.07, 6.45) is 0.238. The second-order valence-corrected chi connectivity index (χ2v) is 10.1. The van der Waals surface area contributed by atoms with Gasteiger partial charge in [0.2, 0.25) is 15.9 Å². The smallest absolute Gasteiger partial charge is 0.243 e. The highest BCUT2D eigenvalue weighted by atomic mass is 32.2. The number of para-hydroxylation sites is 1. The van der Waals surface area contributed by atoms with Crippen LogP contribution in [-0.2, 0) is 21.2 Å². The summed E-state index contributed by atoms with van der Waals surface area (Å²) >= 11 is 0. The normalized spacial score (nSPS) is 22.5. The number of amides is 1. The van der Waals surface area contributed by atoms with Crippen molar-refractivity contribution in [2.75, 3.05) is 18.1 Å². The number of hydrogen-bond donors (Lipinski definition) is 1. The van der Waals surface area contributed by atoms with Gasteiger partial charge in [0.15, 0.2) is 0 Å². The second kappa shape index (κ2) is 8.16. The van der Waals surface area contributed by atoms with Gasteiger partial charge in [-0.2, -0.15) is 4.31 Å². The molecule has 1 fully saturated rings. The van der Waals surface area contributed by atoms with Crippen molar-refractivity contribution in [2.24, 2.45) is 0 Å². The number of aliphatic hydroxyl groups excluding tert-OH is 1. The highest BCUT2D eigenvalue weighted by Gasteiger charge is 2.58. The van der Waals surface area contributed by atoms with Crippen molar-refractivity contribution in [3.05, 3.63) is 96.1 Å². The summed E-state index contributed by atoms with van der Waals surface area (Å²) in [6.45, 7) is -0.0184. The van der Waals surface area contributed by atoms with Crippen molar-refractivity contribution >= 4 is 21.6 Å². The Kier molecular flexibility index (Phi) is 5.33. The summed E-state index contributed by atoms with van der Waals surface area (Å²) in [7, 11) is -3.81. The van der Waals surface area contributed by atoms with E-state index >= 15 is 0 Å². The molecule has 7 heteroatoms. The third-order valence-electron chi connectivity index (χ3n) is 6.44. The summed E-state index contributed by atoms with van der Waals surface area (Å²) in [5, 5.41) is 10.1. The molecular formula is C25H24N2O4S. The van der Waals surface area contributed by atoms with E-state index in [0.29, 0.717) is 0 Å². The van der Waals surface area contributed by atoms with Crippen molar-refractivity contribution in [3.63, 3.8) is 0 Å². The zero-order valence-corrected chi connectivity index (χ0v) is 18.2. The summed E-state index contributed by atoms with van der Waals surface area (Å²) in [6, 6.07) is 24.4. The second-order valence-electron chi connectivity index (χ2n) is 8.22. The van der Waals surface area contributed by atoms with Crippen LogP contribution in [0.2, 0.25) is 0 Å². The molecule has 1 N–H and O–H groups in total. The van der Waals surface area contributed by atoms with Gasteiger partial charge in [0.25, 0.3) is 0 Å². The Morgan fingerprint density at radius 3 is 2.22 bits per heavy atom. The molecule has 3 atom stereocenters. The van der Waals surface area contributed by atoms with Crippen LogP contribution >= 0.6 is 0 Å². The molecule has 0 aliphatic carbocycles. The molecule has 0 unspecified atom stereocenters. The van der Waals surface area contributed by atoms with Crippen LogP contribution in [0.3, 0.4) is 0 Å². The van der Waals surface area contributed by atoms with Crippen molar-refractivity contribution < 1.29 is 18.3 Å². The lowest BCUT2D eigenvalue weighted by atomic mass is 9.74. The molecule has 0 saturated carbocycles. The first-order chi connectivity index (χ1) is 15.5. The Morgan fingerprint density at radius 2 is 1.53 bits per heavy atom. The number of sulfonamides is 1. The molecule has 1 saturated heterocycles. The molecule has 0 aromatic heterocycles. The summed E-state index contributed by atoms with van der Waals surface area (Å²) < 4.78 is 28.3. The van der Waals surface area contributed by atoms with Crippen LogP contribution in [-0.4, -0.2) is 49.0 Å². The minimum atomic E-state index is -3.81. The Labute approximate surface area is 187 Å². The minimum Gasteiger partial charge on any atom is -0.395 e. The lowest BCUT2D eigenvalue weighted by Crippen LogP contribution is -2.70. The van der Waals surface area contributed by atoms with Gasteiger partial charge in [0, 0.05) is 18.2 Å². The fourth-order valence-electron chi connectivity index (χ4n) is 4.99. The van der Waals surface area contributed by atoms with Crippen molar-refractivity contribution in [2.45, 2.75) is 29.3 Å². The van der Waals surface area contributed by atoms with E-state index in [1.165, 1.54) is 4.31 Å². The zero-order chi connectivity index (χ0) is 22.3. The maximum atomic E-state index is 13.4. The first-order valence-corrected chi connectivity index (χ1v) is 12.1. The standard InChI is InChI=1S/C25H24N2O4S/c28-17-23-25-20-13-7-8-14-21(20)26(24(29)15-18-9-3-1-4-10-18)16-22(25)27(23)32(30,31)19-11-5-2-6-12-19/h1-14,22-23,25,28H,15-17H2/t22-,23-,25+/m0/s1. The first-order valence-electron chi connectivity index (χ1n) is 10.6. The van der Waals surface area contributed by atoms with Crippen LogP contribution < -0.4 is 4.90 Å².